The van der Waals surface area contributed by atoms with Gasteiger partial charge < -0.3 is 19.0 Å². The first-order valence-electron chi connectivity index (χ1n) is 12.5. The van der Waals surface area contributed by atoms with Crippen LogP contribution in [0.25, 0.3) is 0 Å². The van der Waals surface area contributed by atoms with Crippen molar-refractivity contribution >= 4 is 14.1 Å². The molecule has 6 heteroatoms. The van der Waals surface area contributed by atoms with E-state index in [0.29, 0.717) is 23.0 Å². The Morgan fingerprint density at radius 1 is 1.06 bits per heavy atom. The van der Waals surface area contributed by atoms with Crippen molar-refractivity contribution in [2.45, 2.75) is 71.2 Å². The lowest BCUT2D eigenvalue weighted by Gasteiger charge is -2.42. The van der Waals surface area contributed by atoms with Crippen LogP contribution in [-0.4, -0.2) is 40.0 Å². The predicted octanol–water partition coefficient (Wildman–Crippen LogP) is 6.38. The van der Waals surface area contributed by atoms with Crippen molar-refractivity contribution in [3.8, 4) is 11.5 Å². The number of carbonyl (C=O) groups excluding carboxylic acids is 1. The van der Waals surface area contributed by atoms with E-state index in [4.69, 9.17) is 13.9 Å². The van der Waals surface area contributed by atoms with Crippen LogP contribution in [0.15, 0.2) is 36.4 Å². The molecule has 0 heterocycles. The minimum atomic E-state index is -2.20. The van der Waals surface area contributed by atoms with Gasteiger partial charge in [-0.15, -0.1) is 0 Å². The van der Waals surface area contributed by atoms with Crippen LogP contribution in [0.5, 0.6) is 11.5 Å². The number of ketones is 1. The fourth-order valence-electron chi connectivity index (χ4n) is 4.91. The van der Waals surface area contributed by atoms with E-state index >= 15 is 0 Å². The zero-order valence-electron chi connectivity index (χ0n) is 22.6. The fourth-order valence-corrected chi connectivity index (χ4v) is 6.23. The summed E-state index contributed by atoms with van der Waals surface area (Å²) in [6.45, 7) is 12.7. The number of benzene rings is 2. The van der Waals surface area contributed by atoms with E-state index in [1.807, 2.05) is 12.1 Å². The van der Waals surface area contributed by atoms with Crippen molar-refractivity contribution < 1.29 is 23.8 Å². The minimum Gasteiger partial charge on any atom is -0.496 e. The second kappa shape index (κ2) is 10.9. The third kappa shape index (κ3) is 5.99. The molecular formula is C29H42O5Si. The molecule has 2 aromatic carbocycles. The molecule has 2 unspecified atom stereocenters. The van der Waals surface area contributed by atoms with Crippen molar-refractivity contribution in [1.82, 2.24) is 0 Å². The van der Waals surface area contributed by atoms with Crippen LogP contribution in [0.3, 0.4) is 0 Å². The predicted molar refractivity (Wildman–Crippen MR) is 143 cm³/mol. The number of ether oxygens (including phenoxy) is 2. The van der Waals surface area contributed by atoms with E-state index in [1.54, 1.807) is 14.2 Å². The number of aliphatic hydroxyl groups excluding tert-OH is 1. The zero-order chi connectivity index (χ0) is 26.0. The summed E-state index contributed by atoms with van der Waals surface area (Å²) in [6, 6.07) is 12.4. The van der Waals surface area contributed by atoms with Crippen LogP contribution in [0.2, 0.25) is 18.1 Å². The molecule has 1 N–H and O–H groups in total. The molecule has 1 aliphatic carbocycles. The van der Waals surface area contributed by atoms with Crippen molar-refractivity contribution in [2.24, 2.45) is 11.8 Å². The average molecular weight is 499 g/mol. The normalized spacial score (nSPS) is 16.0. The zero-order valence-corrected chi connectivity index (χ0v) is 23.6. The van der Waals surface area contributed by atoms with Crippen LogP contribution < -0.4 is 9.47 Å². The minimum absolute atomic E-state index is 0.00233. The van der Waals surface area contributed by atoms with Crippen LogP contribution in [0.1, 0.15) is 67.3 Å². The highest BCUT2D eigenvalue weighted by atomic mass is 28.4. The molecule has 2 aromatic rings. The van der Waals surface area contributed by atoms with Crippen molar-refractivity contribution in [1.29, 1.82) is 0 Å². The number of methoxy groups -OCH3 is 2. The van der Waals surface area contributed by atoms with Gasteiger partial charge in [0.15, 0.2) is 14.1 Å². The number of fused-ring (bicyclic) bond motifs is 1. The number of aliphatic hydroxyl groups is 1. The Hall–Kier alpha value is -2.15. The molecule has 0 radical (unpaired) electrons. The highest BCUT2D eigenvalue weighted by molar-refractivity contribution is 6.74. The summed E-state index contributed by atoms with van der Waals surface area (Å²) >= 11 is 0. The molecule has 0 spiro atoms. The van der Waals surface area contributed by atoms with Gasteiger partial charge in [0.1, 0.15) is 17.1 Å². The lowest BCUT2D eigenvalue weighted by Crippen LogP contribution is -2.43. The Morgan fingerprint density at radius 2 is 1.57 bits per heavy atom. The van der Waals surface area contributed by atoms with Crippen LogP contribution in [-0.2, 0) is 17.3 Å². The quantitative estimate of drug-likeness (QED) is 0.304. The molecule has 0 saturated heterocycles. The van der Waals surface area contributed by atoms with E-state index < -0.39 is 8.32 Å². The summed E-state index contributed by atoms with van der Waals surface area (Å²) in [5.74, 6) is 1.19. The van der Waals surface area contributed by atoms with Gasteiger partial charge in [0, 0.05) is 12.5 Å². The number of Topliss-reactive ketones (excluding diaryl/α,β-unsaturated/α-hetero) is 1. The molecule has 0 bridgehead atoms. The molecule has 0 saturated carbocycles. The Labute approximate surface area is 211 Å². The summed E-state index contributed by atoms with van der Waals surface area (Å²) in [7, 11) is 0.928. The molecule has 2 atom stereocenters. The Kier molecular flexibility index (Phi) is 8.51. The maximum Gasteiger partial charge on any atom is 0.192 e. The Morgan fingerprint density at radius 3 is 1.97 bits per heavy atom. The van der Waals surface area contributed by atoms with Crippen molar-refractivity contribution in [3.05, 3.63) is 58.7 Å². The first kappa shape index (κ1) is 27.4. The second-order valence-electron chi connectivity index (χ2n) is 11.4. The van der Waals surface area contributed by atoms with Gasteiger partial charge in [-0.2, -0.15) is 0 Å². The maximum absolute atomic E-state index is 12.3. The van der Waals surface area contributed by atoms with E-state index in [2.05, 4.69) is 58.1 Å². The van der Waals surface area contributed by atoms with E-state index in [1.165, 1.54) is 18.1 Å². The van der Waals surface area contributed by atoms with Crippen molar-refractivity contribution in [2.75, 3.05) is 20.8 Å². The molecule has 192 valence electrons. The topological polar surface area (TPSA) is 65.0 Å². The van der Waals surface area contributed by atoms with Gasteiger partial charge in [-0.1, -0.05) is 45.0 Å². The van der Waals surface area contributed by atoms with Crippen LogP contribution in [0, 0.1) is 11.8 Å². The van der Waals surface area contributed by atoms with E-state index in [0.717, 1.165) is 24.8 Å². The fraction of sp³-hybridized carbons (Fsp3) is 0.552. The molecule has 0 fully saturated rings. The van der Waals surface area contributed by atoms with Gasteiger partial charge in [-0.25, -0.2) is 0 Å². The summed E-state index contributed by atoms with van der Waals surface area (Å²) < 4.78 is 18.2. The number of rotatable bonds is 10. The average Bonchev–Trinajstić information content (AvgIpc) is 3.21. The van der Waals surface area contributed by atoms with Gasteiger partial charge in [0.05, 0.1) is 20.3 Å². The third-order valence-corrected chi connectivity index (χ3v) is 12.3. The smallest absolute Gasteiger partial charge is 0.192 e. The standard InChI is InChI=1S/C29H42O5Si/c1-19(31)27-25(32-5)16-23(17-26(27)33-6)28(34-35(7,8)29(2,3)4)24(18-30)15-20-13-21-11-9-10-12-22(21)14-20/h9-12,16-17,20,24,28,30H,13-15,18H2,1-8H3. The molecule has 3 rings (SSSR count). The van der Waals surface area contributed by atoms with Gasteiger partial charge >= 0.3 is 0 Å². The summed E-state index contributed by atoms with van der Waals surface area (Å²) in [5, 5.41) is 10.7. The molecule has 0 aliphatic heterocycles. The van der Waals surface area contributed by atoms with E-state index in [-0.39, 0.29) is 29.5 Å². The van der Waals surface area contributed by atoms with Crippen molar-refractivity contribution in [3.63, 3.8) is 0 Å². The van der Waals surface area contributed by atoms with E-state index in [9.17, 15) is 9.90 Å². The molecule has 1 aliphatic rings. The van der Waals surface area contributed by atoms with Crippen LogP contribution in [0.4, 0.5) is 0 Å². The van der Waals surface area contributed by atoms with Gasteiger partial charge in [0.2, 0.25) is 0 Å². The number of hydrogen-bond donors (Lipinski definition) is 1. The summed E-state index contributed by atoms with van der Waals surface area (Å²) in [5.41, 5.74) is 4.12. The first-order chi connectivity index (χ1) is 16.4. The SMILES string of the molecule is COc1cc(C(O[Si](C)(C)C(C)(C)C)C(CO)CC2Cc3ccccc3C2)cc(OC)c1C(C)=O. The van der Waals surface area contributed by atoms with Gasteiger partial charge in [0.25, 0.3) is 0 Å². The maximum atomic E-state index is 12.3. The lowest BCUT2D eigenvalue weighted by atomic mass is 9.85. The molecular weight excluding hydrogens is 456 g/mol. The summed E-state index contributed by atoms with van der Waals surface area (Å²) in [6.07, 6.45) is 2.56. The lowest BCUT2D eigenvalue weighted by molar-refractivity contribution is 0.0600. The molecule has 0 amide bonds. The molecule has 35 heavy (non-hydrogen) atoms. The third-order valence-electron chi connectivity index (χ3n) is 7.87. The second-order valence-corrected chi connectivity index (χ2v) is 16.1. The Bertz CT molecular complexity index is 990. The molecule has 0 aromatic heterocycles. The largest absolute Gasteiger partial charge is 0.496 e. The first-order valence-corrected chi connectivity index (χ1v) is 15.4. The number of carbonyl (C=O) groups is 1. The van der Waals surface area contributed by atoms with Gasteiger partial charge in [-0.3, -0.25) is 4.79 Å². The Balaban J connectivity index is 2.03. The highest BCUT2D eigenvalue weighted by Gasteiger charge is 2.42. The highest BCUT2D eigenvalue weighted by Crippen LogP contribution is 2.45. The molecule has 5 nitrogen and oxygen atoms in total. The monoisotopic (exact) mass is 498 g/mol. The summed E-state index contributed by atoms with van der Waals surface area (Å²) in [4.78, 5) is 12.3. The number of hydrogen-bond acceptors (Lipinski definition) is 5. The van der Waals surface area contributed by atoms with Gasteiger partial charge in [-0.05, 0) is 79.1 Å². The van der Waals surface area contributed by atoms with Crippen LogP contribution >= 0.6 is 0 Å².